The van der Waals surface area contributed by atoms with Gasteiger partial charge in [0.1, 0.15) is 6.04 Å². The highest BCUT2D eigenvalue weighted by atomic mass is 32.2. The first-order valence-electron chi connectivity index (χ1n) is 6.65. The van der Waals surface area contributed by atoms with E-state index in [1.165, 1.54) is 12.1 Å². The summed E-state index contributed by atoms with van der Waals surface area (Å²) in [6, 6.07) is 4.47. The average molecular weight is 365 g/mol. The molecular formula is C13H19NO7S2. The number of hydrogen-bond donors (Lipinski definition) is 1. The fourth-order valence-corrected chi connectivity index (χ4v) is 3.11. The fourth-order valence-electron chi connectivity index (χ4n) is 1.56. The predicted molar refractivity (Wildman–Crippen MR) is 82.7 cm³/mol. The molecule has 0 aliphatic carbocycles. The van der Waals surface area contributed by atoms with E-state index in [9.17, 15) is 21.6 Å². The highest BCUT2D eigenvalue weighted by Gasteiger charge is 2.28. The zero-order valence-electron chi connectivity index (χ0n) is 13.0. The van der Waals surface area contributed by atoms with Crippen molar-refractivity contribution in [1.29, 1.82) is 0 Å². The minimum Gasteiger partial charge on any atom is -0.465 e. The number of carbonyl (C=O) groups excluding carboxylic acids is 1. The van der Waals surface area contributed by atoms with Crippen LogP contribution in [0.5, 0.6) is 0 Å². The Labute approximate surface area is 136 Å². The molecule has 0 aliphatic rings. The van der Waals surface area contributed by atoms with Crippen LogP contribution in [0.25, 0.3) is 0 Å². The van der Waals surface area contributed by atoms with Crippen LogP contribution in [-0.2, 0) is 33.9 Å². The Bertz CT molecular complexity index is 739. The zero-order chi connectivity index (χ0) is 17.7. The van der Waals surface area contributed by atoms with Crippen LogP contribution in [0.4, 0.5) is 0 Å². The summed E-state index contributed by atoms with van der Waals surface area (Å²) < 4.78 is 57.9. The van der Waals surface area contributed by atoms with Crippen molar-refractivity contribution in [3.05, 3.63) is 29.8 Å². The smallest absolute Gasteiger partial charge is 0.326 e. The summed E-state index contributed by atoms with van der Waals surface area (Å²) in [4.78, 5) is 11.7. The molecule has 0 amide bonds. The minimum atomic E-state index is -4.03. The van der Waals surface area contributed by atoms with Gasteiger partial charge in [0.15, 0.2) is 0 Å². The summed E-state index contributed by atoms with van der Waals surface area (Å²) in [5, 5.41) is 0. The van der Waals surface area contributed by atoms with Gasteiger partial charge in [0.2, 0.25) is 10.0 Å². The molecule has 1 rings (SSSR count). The summed E-state index contributed by atoms with van der Waals surface area (Å²) in [5.74, 6) is -0.924. The van der Waals surface area contributed by atoms with E-state index in [-0.39, 0.29) is 11.5 Å². The maximum absolute atomic E-state index is 12.3. The maximum atomic E-state index is 12.3. The van der Waals surface area contributed by atoms with Crippen molar-refractivity contribution in [3.63, 3.8) is 0 Å². The van der Waals surface area contributed by atoms with Crippen molar-refractivity contribution >= 4 is 26.1 Å². The van der Waals surface area contributed by atoms with E-state index in [2.05, 4.69) is 8.91 Å². The highest BCUT2D eigenvalue weighted by molar-refractivity contribution is 7.89. The largest absolute Gasteiger partial charge is 0.465 e. The second-order valence-corrected chi connectivity index (χ2v) is 8.09. The Kier molecular flexibility index (Phi) is 6.69. The van der Waals surface area contributed by atoms with Gasteiger partial charge in [-0.3, -0.25) is 8.98 Å². The van der Waals surface area contributed by atoms with Gasteiger partial charge in [0.05, 0.1) is 24.4 Å². The van der Waals surface area contributed by atoms with Crippen LogP contribution < -0.4 is 4.72 Å². The van der Waals surface area contributed by atoms with Crippen molar-refractivity contribution in [2.24, 2.45) is 0 Å². The van der Waals surface area contributed by atoms with Crippen molar-refractivity contribution in [2.45, 2.75) is 24.8 Å². The number of aryl methyl sites for hydroxylation is 1. The van der Waals surface area contributed by atoms with Gasteiger partial charge in [-0.1, -0.05) is 17.7 Å². The molecule has 0 heterocycles. The van der Waals surface area contributed by atoms with E-state index < -0.39 is 38.8 Å². The van der Waals surface area contributed by atoms with Crippen LogP contribution in [0, 0.1) is 6.92 Å². The van der Waals surface area contributed by atoms with E-state index in [0.29, 0.717) is 0 Å². The molecular weight excluding hydrogens is 346 g/mol. The molecule has 0 radical (unpaired) electrons. The molecule has 1 unspecified atom stereocenters. The third kappa shape index (κ3) is 6.65. The SMILES string of the molecule is CCOC(=O)C(COS(C)(=O)=O)NS(=O)(=O)c1ccc(C)cc1. The number of ether oxygens (including phenoxy) is 1. The molecule has 0 aliphatic heterocycles. The zero-order valence-corrected chi connectivity index (χ0v) is 14.6. The number of sulfonamides is 1. The van der Waals surface area contributed by atoms with E-state index in [0.717, 1.165) is 11.8 Å². The van der Waals surface area contributed by atoms with Gasteiger partial charge in [-0.25, -0.2) is 8.42 Å². The van der Waals surface area contributed by atoms with E-state index in [1.807, 2.05) is 0 Å². The highest BCUT2D eigenvalue weighted by Crippen LogP contribution is 2.11. The molecule has 1 atom stereocenters. The quantitative estimate of drug-likeness (QED) is 0.516. The van der Waals surface area contributed by atoms with Crippen molar-refractivity contribution in [3.8, 4) is 0 Å². The number of hydrogen-bond acceptors (Lipinski definition) is 7. The molecule has 0 saturated heterocycles. The lowest BCUT2D eigenvalue weighted by molar-refractivity contribution is -0.145. The van der Waals surface area contributed by atoms with E-state index in [4.69, 9.17) is 4.74 Å². The summed E-state index contributed by atoms with van der Waals surface area (Å²) in [6.45, 7) is 2.66. The molecule has 1 N–H and O–H groups in total. The standard InChI is InChI=1S/C13H19NO7S2/c1-4-20-13(15)12(9-21-22(3,16)17)14-23(18,19)11-7-5-10(2)6-8-11/h5-8,12,14H,4,9H2,1-3H3. The lowest BCUT2D eigenvalue weighted by atomic mass is 10.2. The van der Waals surface area contributed by atoms with Crippen LogP contribution in [0.2, 0.25) is 0 Å². The monoisotopic (exact) mass is 365 g/mol. The Balaban J connectivity index is 2.98. The summed E-state index contributed by atoms with van der Waals surface area (Å²) in [5.41, 5.74) is 0.867. The van der Waals surface area contributed by atoms with Crippen LogP contribution in [-0.4, -0.2) is 48.3 Å². The fraction of sp³-hybridized carbons (Fsp3) is 0.462. The molecule has 0 fully saturated rings. The molecule has 1 aromatic rings. The van der Waals surface area contributed by atoms with Gasteiger partial charge in [0.25, 0.3) is 10.1 Å². The van der Waals surface area contributed by atoms with Crippen LogP contribution in [0.3, 0.4) is 0 Å². The molecule has 0 spiro atoms. The lowest BCUT2D eigenvalue weighted by Gasteiger charge is -2.17. The number of carbonyl (C=O) groups is 1. The molecule has 0 aromatic heterocycles. The molecule has 130 valence electrons. The second-order valence-electron chi connectivity index (χ2n) is 4.73. The summed E-state index contributed by atoms with van der Waals surface area (Å²) >= 11 is 0. The Morgan fingerprint density at radius 3 is 2.22 bits per heavy atom. The topological polar surface area (TPSA) is 116 Å². The molecule has 8 nitrogen and oxygen atoms in total. The predicted octanol–water partition coefficient (Wildman–Crippen LogP) is 0.181. The van der Waals surface area contributed by atoms with Crippen molar-refractivity contribution < 1.29 is 30.6 Å². The van der Waals surface area contributed by atoms with Crippen LogP contribution >= 0.6 is 0 Å². The third-order valence-corrected chi connectivity index (χ3v) is 4.70. The van der Waals surface area contributed by atoms with Crippen LogP contribution in [0.15, 0.2) is 29.2 Å². The number of esters is 1. The van der Waals surface area contributed by atoms with Gasteiger partial charge in [-0.05, 0) is 26.0 Å². The van der Waals surface area contributed by atoms with Gasteiger partial charge < -0.3 is 4.74 Å². The Hall–Kier alpha value is -1.49. The van der Waals surface area contributed by atoms with E-state index in [1.54, 1.807) is 26.0 Å². The molecule has 1 aromatic carbocycles. The minimum absolute atomic E-state index is 0.0144. The first kappa shape index (κ1) is 19.6. The molecule has 23 heavy (non-hydrogen) atoms. The van der Waals surface area contributed by atoms with Gasteiger partial charge >= 0.3 is 5.97 Å². The molecule has 0 bridgehead atoms. The Morgan fingerprint density at radius 1 is 1.17 bits per heavy atom. The van der Waals surface area contributed by atoms with Gasteiger partial charge in [-0.15, -0.1) is 0 Å². The summed E-state index contributed by atoms with van der Waals surface area (Å²) in [7, 11) is -7.87. The van der Waals surface area contributed by atoms with Crippen molar-refractivity contribution in [1.82, 2.24) is 4.72 Å². The summed E-state index contributed by atoms with van der Waals surface area (Å²) in [6.07, 6.45) is 0.795. The van der Waals surface area contributed by atoms with Crippen molar-refractivity contribution in [2.75, 3.05) is 19.5 Å². The number of benzene rings is 1. The number of nitrogens with one attached hydrogen (secondary N) is 1. The maximum Gasteiger partial charge on any atom is 0.326 e. The Morgan fingerprint density at radius 2 is 1.74 bits per heavy atom. The third-order valence-electron chi connectivity index (χ3n) is 2.65. The first-order chi connectivity index (χ1) is 10.5. The van der Waals surface area contributed by atoms with Crippen LogP contribution in [0.1, 0.15) is 12.5 Å². The average Bonchev–Trinajstić information content (AvgIpc) is 2.43. The first-order valence-corrected chi connectivity index (χ1v) is 9.95. The lowest BCUT2D eigenvalue weighted by Crippen LogP contribution is -2.45. The number of rotatable bonds is 8. The molecule has 10 heteroatoms. The second kappa shape index (κ2) is 7.86. The van der Waals surface area contributed by atoms with E-state index >= 15 is 0 Å². The molecule has 0 saturated carbocycles. The van der Waals surface area contributed by atoms with Gasteiger partial charge in [-0.2, -0.15) is 13.1 Å². The normalized spacial score (nSPS) is 13.5. The van der Waals surface area contributed by atoms with Gasteiger partial charge in [0, 0.05) is 0 Å².